The van der Waals surface area contributed by atoms with Crippen LogP contribution in [-0.4, -0.2) is 32.2 Å². The molecule has 2 aromatic rings. The lowest BCUT2D eigenvalue weighted by molar-refractivity contribution is -0.135. The van der Waals surface area contributed by atoms with Gasteiger partial charge in [0.15, 0.2) is 0 Å². The van der Waals surface area contributed by atoms with Crippen LogP contribution in [0.2, 0.25) is 0 Å². The van der Waals surface area contributed by atoms with Gasteiger partial charge in [0.1, 0.15) is 6.04 Å². The van der Waals surface area contributed by atoms with E-state index in [2.05, 4.69) is 5.32 Å². The Hall–Kier alpha value is -2.41. The average Bonchev–Trinajstić information content (AvgIpc) is 2.87. The number of aromatic nitrogens is 2. The molecule has 1 saturated heterocycles. The average molecular weight is 357 g/mol. The normalized spacial score (nSPS) is 26.9. The van der Waals surface area contributed by atoms with Crippen molar-refractivity contribution < 1.29 is 14.7 Å². The number of aryl methyl sites for hydroxylation is 1. The molecule has 0 radical (unpaired) electrons. The molecule has 1 aromatic heterocycles. The first-order valence-electron chi connectivity index (χ1n) is 9.18. The molecular formula is C19H23N3O4. The maximum Gasteiger partial charge on any atom is 0.329 e. The summed E-state index contributed by atoms with van der Waals surface area (Å²) in [6, 6.07) is 5.30. The molecule has 7 nitrogen and oxygen atoms in total. The Kier molecular flexibility index (Phi) is 4.19. The highest BCUT2D eigenvalue weighted by Crippen LogP contribution is 2.34. The summed E-state index contributed by atoms with van der Waals surface area (Å²) in [7, 11) is 1.71. The number of piperidine rings is 1. The zero-order chi connectivity index (χ0) is 18.4. The van der Waals surface area contributed by atoms with Crippen LogP contribution in [0, 0.1) is 0 Å². The maximum absolute atomic E-state index is 12.8. The van der Waals surface area contributed by atoms with Crippen LogP contribution < -0.4 is 11.0 Å². The molecule has 1 saturated carbocycles. The van der Waals surface area contributed by atoms with E-state index in [0.29, 0.717) is 17.9 Å². The summed E-state index contributed by atoms with van der Waals surface area (Å²) in [6.07, 6.45) is 3.86. The van der Waals surface area contributed by atoms with Gasteiger partial charge in [-0.3, -0.25) is 24.0 Å². The van der Waals surface area contributed by atoms with Gasteiger partial charge in [0.05, 0.1) is 17.1 Å². The van der Waals surface area contributed by atoms with Crippen LogP contribution in [0.15, 0.2) is 23.0 Å². The number of hydrogen-bond donors (Lipinski definition) is 2. The van der Waals surface area contributed by atoms with Crippen LogP contribution in [0.1, 0.15) is 56.0 Å². The van der Waals surface area contributed by atoms with Crippen molar-refractivity contribution in [3.63, 3.8) is 0 Å². The van der Waals surface area contributed by atoms with Crippen LogP contribution in [0.4, 0.5) is 0 Å². The SMILES string of the molecule is Cn1c(=O)n(C2CCC(=O)NC2=O)c2ccc(C3CCC(O)CC3)cc21. The molecule has 2 fully saturated rings. The number of imidazole rings is 1. The first-order chi connectivity index (χ1) is 12.5. The number of nitrogens with one attached hydrogen (secondary N) is 1. The monoisotopic (exact) mass is 357 g/mol. The molecule has 1 aliphatic heterocycles. The minimum atomic E-state index is -0.653. The lowest BCUT2D eigenvalue weighted by Gasteiger charge is -2.26. The quantitative estimate of drug-likeness (QED) is 0.793. The number of benzene rings is 1. The lowest BCUT2D eigenvalue weighted by Crippen LogP contribution is -2.44. The Morgan fingerprint density at radius 2 is 1.77 bits per heavy atom. The number of amides is 2. The van der Waals surface area contributed by atoms with Crippen LogP contribution in [0.3, 0.4) is 0 Å². The number of fused-ring (bicyclic) bond motifs is 1. The molecule has 26 heavy (non-hydrogen) atoms. The highest BCUT2D eigenvalue weighted by molar-refractivity contribution is 6.00. The molecule has 2 heterocycles. The van der Waals surface area contributed by atoms with Crippen LogP contribution >= 0.6 is 0 Å². The number of aliphatic hydroxyl groups excluding tert-OH is 1. The number of hydrogen-bond acceptors (Lipinski definition) is 4. The fourth-order valence-electron chi connectivity index (χ4n) is 4.27. The zero-order valence-corrected chi connectivity index (χ0v) is 14.8. The lowest BCUT2D eigenvalue weighted by atomic mass is 9.83. The van der Waals surface area contributed by atoms with Crippen molar-refractivity contribution in [2.75, 3.05) is 0 Å². The minimum absolute atomic E-state index is 0.201. The van der Waals surface area contributed by atoms with Gasteiger partial charge in [0, 0.05) is 13.5 Å². The summed E-state index contributed by atoms with van der Waals surface area (Å²) in [5, 5.41) is 12.0. The third-order valence-electron chi connectivity index (χ3n) is 5.80. The van der Waals surface area contributed by atoms with E-state index in [1.54, 1.807) is 11.6 Å². The van der Waals surface area contributed by atoms with Gasteiger partial charge in [0.2, 0.25) is 11.8 Å². The second-order valence-electron chi connectivity index (χ2n) is 7.43. The molecule has 1 aromatic carbocycles. The summed E-state index contributed by atoms with van der Waals surface area (Å²) in [6.45, 7) is 0. The van der Waals surface area contributed by atoms with Crippen molar-refractivity contribution in [2.45, 2.75) is 56.6 Å². The van der Waals surface area contributed by atoms with Crippen LogP contribution in [-0.2, 0) is 16.6 Å². The third kappa shape index (κ3) is 2.76. The van der Waals surface area contributed by atoms with E-state index in [1.807, 2.05) is 18.2 Å². The first-order valence-corrected chi connectivity index (χ1v) is 9.18. The topological polar surface area (TPSA) is 93.3 Å². The van der Waals surface area contributed by atoms with Crippen LogP contribution in [0.25, 0.3) is 11.0 Å². The van der Waals surface area contributed by atoms with Gasteiger partial charge in [-0.15, -0.1) is 0 Å². The Morgan fingerprint density at radius 3 is 2.46 bits per heavy atom. The van der Waals surface area contributed by atoms with E-state index in [9.17, 15) is 19.5 Å². The molecule has 1 atom stereocenters. The Balaban J connectivity index is 1.74. The smallest absolute Gasteiger partial charge is 0.329 e. The summed E-state index contributed by atoms with van der Waals surface area (Å²) in [4.78, 5) is 36.4. The van der Waals surface area contributed by atoms with Crippen molar-refractivity contribution in [3.05, 3.63) is 34.2 Å². The fourth-order valence-corrected chi connectivity index (χ4v) is 4.27. The summed E-state index contributed by atoms with van der Waals surface area (Å²) in [5.41, 5.74) is 2.43. The van der Waals surface area contributed by atoms with Gasteiger partial charge < -0.3 is 5.11 Å². The van der Waals surface area contributed by atoms with Gasteiger partial charge >= 0.3 is 5.69 Å². The second kappa shape index (κ2) is 6.39. The van der Waals surface area contributed by atoms with Gasteiger partial charge in [0.25, 0.3) is 0 Å². The van der Waals surface area contributed by atoms with E-state index in [4.69, 9.17) is 0 Å². The number of carbonyl (C=O) groups excluding carboxylic acids is 2. The second-order valence-corrected chi connectivity index (χ2v) is 7.43. The number of aliphatic hydroxyl groups is 1. The largest absolute Gasteiger partial charge is 0.393 e. The molecule has 7 heteroatoms. The van der Waals surface area contributed by atoms with E-state index >= 15 is 0 Å². The molecule has 4 rings (SSSR count). The highest BCUT2D eigenvalue weighted by atomic mass is 16.3. The summed E-state index contributed by atoms with van der Waals surface area (Å²) < 4.78 is 3.08. The predicted octanol–water partition coefficient (Wildman–Crippen LogP) is 1.34. The first kappa shape index (κ1) is 17.0. The Labute approximate surface area is 150 Å². The number of imide groups is 1. The standard InChI is InChI=1S/C19H23N3O4/c1-21-16-10-12(11-2-5-13(23)6-3-11)4-7-14(16)22(19(21)26)15-8-9-17(24)20-18(15)25/h4,7,10-11,13,15,23H,2-3,5-6,8-9H2,1H3,(H,20,24,25). The molecule has 138 valence electrons. The molecule has 2 amide bonds. The molecule has 0 bridgehead atoms. The van der Waals surface area contributed by atoms with E-state index in [0.717, 1.165) is 31.2 Å². The summed E-state index contributed by atoms with van der Waals surface area (Å²) in [5.74, 6) is -0.320. The van der Waals surface area contributed by atoms with E-state index < -0.39 is 11.9 Å². The molecule has 0 spiro atoms. The summed E-state index contributed by atoms with van der Waals surface area (Å²) >= 11 is 0. The number of nitrogens with zero attached hydrogens (tertiary/aromatic N) is 2. The van der Waals surface area contributed by atoms with Gasteiger partial charge in [-0.05, 0) is 55.7 Å². The Morgan fingerprint density at radius 1 is 1.04 bits per heavy atom. The highest BCUT2D eigenvalue weighted by Gasteiger charge is 2.31. The van der Waals surface area contributed by atoms with Gasteiger partial charge in [-0.25, -0.2) is 4.79 Å². The minimum Gasteiger partial charge on any atom is -0.393 e. The van der Waals surface area contributed by atoms with Crippen molar-refractivity contribution in [1.82, 2.24) is 14.5 Å². The molecule has 1 aliphatic carbocycles. The van der Waals surface area contributed by atoms with E-state index in [-0.39, 0.29) is 24.1 Å². The molecule has 2 N–H and O–H groups in total. The molecule has 1 unspecified atom stereocenters. The van der Waals surface area contributed by atoms with Crippen molar-refractivity contribution in [2.24, 2.45) is 7.05 Å². The van der Waals surface area contributed by atoms with Crippen molar-refractivity contribution >= 4 is 22.8 Å². The van der Waals surface area contributed by atoms with Crippen molar-refractivity contribution in [1.29, 1.82) is 0 Å². The van der Waals surface area contributed by atoms with Gasteiger partial charge in [-0.1, -0.05) is 6.07 Å². The Bertz CT molecular complexity index is 934. The predicted molar refractivity (Wildman–Crippen MR) is 95.8 cm³/mol. The van der Waals surface area contributed by atoms with Crippen LogP contribution in [0.5, 0.6) is 0 Å². The molecular weight excluding hydrogens is 334 g/mol. The number of carbonyl (C=O) groups is 2. The number of rotatable bonds is 2. The maximum atomic E-state index is 12.8. The third-order valence-corrected chi connectivity index (χ3v) is 5.80. The fraction of sp³-hybridized carbons (Fsp3) is 0.526. The van der Waals surface area contributed by atoms with E-state index in [1.165, 1.54) is 10.1 Å². The van der Waals surface area contributed by atoms with Crippen molar-refractivity contribution in [3.8, 4) is 0 Å². The van der Waals surface area contributed by atoms with Gasteiger partial charge in [-0.2, -0.15) is 0 Å². The molecule has 2 aliphatic rings. The zero-order valence-electron chi connectivity index (χ0n) is 14.8.